The zero-order chi connectivity index (χ0) is 9.97. The van der Waals surface area contributed by atoms with Crippen LogP contribution in [-0.2, 0) is 11.3 Å². The van der Waals surface area contributed by atoms with Crippen molar-refractivity contribution < 1.29 is 9.21 Å². The normalized spacial score (nSPS) is 22.7. The molecule has 2 heterocycles. The molecule has 0 saturated carbocycles. The molecule has 4 nitrogen and oxygen atoms in total. The van der Waals surface area contributed by atoms with E-state index in [-0.39, 0.29) is 11.9 Å². The van der Waals surface area contributed by atoms with Crippen LogP contribution in [-0.4, -0.2) is 23.4 Å². The fourth-order valence-electron chi connectivity index (χ4n) is 1.94. The molecular weight excluding hydrogens is 180 g/mol. The average Bonchev–Trinajstić information content (AvgIpc) is 2.75. The number of nitrogens with two attached hydrogens (primary N) is 1. The predicted molar refractivity (Wildman–Crippen MR) is 51.3 cm³/mol. The first-order valence-corrected chi connectivity index (χ1v) is 4.83. The lowest BCUT2D eigenvalue weighted by atomic mass is 10.2. The molecule has 0 aliphatic carbocycles. The van der Waals surface area contributed by atoms with Crippen LogP contribution in [0.1, 0.15) is 18.6 Å². The molecule has 0 bridgehead atoms. The van der Waals surface area contributed by atoms with Gasteiger partial charge in [0, 0.05) is 0 Å². The molecule has 2 N–H and O–H groups in total. The Morgan fingerprint density at radius 3 is 3.21 bits per heavy atom. The molecule has 0 spiro atoms. The SMILES string of the molecule is NC(=O)[C@H]1CCCN1Cc1ccco1. The second kappa shape index (κ2) is 3.84. The van der Waals surface area contributed by atoms with Gasteiger partial charge in [-0.3, -0.25) is 9.69 Å². The highest BCUT2D eigenvalue weighted by Crippen LogP contribution is 2.19. The number of hydrogen-bond donors (Lipinski definition) is 1. The molecule has 76 valence electrons. The molecule has 1 saturated heterocycles. The van der Waals surface area contributed by atoms with E-state index in [1.807, 2.05) is 12.1 Å². The molecule has 4 heteroatoms. The molecule has 0 unspecified atom stereocenters. The van der Waals surface area contributed by atoms with Crippen LogP contribution in [0.2, 0.25) is 0 Å². The molecule has 1 aromatic heterocycles. The first-order valence-electron chi connectivity index (χ1n) is 4.83. The van der Waals surface area contributed by atoms with Gasteiger partial charge in [-0.15, -0.1) is 0 Å². The van der Waals surface area contributed by atoms with Crippen LogP contribution >= 0.6 is 0 Å². The Labute approximate surface area is 82.7 Å². The molecule has 14 heavy (non-hydrogen) atoms. The maximum absolute atomic E-state index is 11.1. The highest BCUT2D eigenvalue weighted by atomic mass is 16.3. The van der Waals surface area contributed by atoms with Crippen molar-refractivity contribution >= 4 is 5.91 Å². The van der Waals surface area contributed by atoms with Crippen molar-refractivity contribution in [3.63, 3.8) is 0 Å². The van der Waals surface area contributed by atoms with Crippen LogP contribution in [0.4, 0.5) is 0 Å². The summed E-state index contributed by atoms with van der Waals surface area (Å²) in [5, 5.41) is 0. The minimum absolute atomic E-state index is 0.111. The number of amides is 1. The number of carbonyl (C=O) groups is 1. The summed E-state index contributed by atoms with van der Waals surface area (Å²) in [6.45, 7) is 1.61. The third-order valence-electron chi connectivity index (χ3n) is 2.63. The van der Waals surface area contributed by atoms with Crippen molar-refractivity contribution in [1.82, 2.24) is 4.90 Å². The first-order chi connectivity index (χ1) is 6.77. The molecule has 0 aromatic carbocycles. The number of likely N-dealkylation sites (tertiary alicyclic amines) is 1. The number of carbonyl (C=O) groups excluding carboxylic acids is 1. The van der Waals surface area contributed by atoms with E-state index in [1.54, 1.807) is 6.26 Å². The number of rotatable bonds is 3. The first kappa shape index (κ1) is 9.27. The lowest BCUT2D eigenvalue weighted by Crippen LogP contribution is -2.39. The summed E-state index contributed by atoms with van der Waals surface area (Å²) < 4.78 is 5.23. The Kier molecular flexibility index (Phi) is 2.54. The van der Waals surface area contributed by atoms with E-state index < -0.39 is 0 Å². The molecular formula is C10H14N2O2. The highest BCUT2D eigenvalue weighted by molar-refractivity contribution is 5.80. The summed E-state index contributed by atoms with van der Waals surface area (Å²) in [4.78, 5) is 13.2. The van der Waals surface area contributed by atoms with Gasteiger partial charge < -0.3 is 10.2 Å². The standard InChI is InChI=1S/C10H14N2O2/c11-10(13)9-4-1-5-12(9)7-8-3-2-6-14-8/h2-3,6,9H,1,4-5,7H2,(H2,11,13)/t9-/m1/s1. The van der Waals surface area contributed by atoms with E-state index >= 15 is 0 Å². The molecule has 1 amide bonds. The fraction of sp³-hybridized carbons (Fsp3) is 0.500. The van der Waals surface area contributed by atoms with Crippen LogP contribution in [0.3, 0.4) is 0 Å². The summed E-state index contributed by atoms with van der Waals surface area (Å²) in [5.41, 5.74) is 5.31. The van der Waals surface area contributed by atoms with Crippen molar-refractivity contribution in [2.24, 2.45) is 5.73 Å². The minimum atomic E-state index is -0.228. The third kappa shape index (κ3) is 1.80. The van der Waals surface area contributed by atoms with Gasteiger partial charge >= 0.3 is 0 Å². The Morgan fingerprint density at radius 1 is 1.71 bits per heavy atom. The molecule has 0 radical (unpaired) electrons. The van der Waals surface area contributed by atoms with Gasteiger partial charge in [0.25, 0.3) is 0 Å². The van der Waals surface area contributed by atoms with Crippen molar-refractivity contribution in [1.29, 1.82) is 0 Å². The summed E-state index contributed by atoms with van der Waals surface area (Å²) in [7, 11) is 0. The summed E-state index contributed by atoms with van der Waals surface area (Å²) in [6.07, 6.45) is 3.55. The Bertz CT molecular complexity index is 308. The van der Waals surface area contributed by atoms with E-state index in [0.717, 1.165) is 25.1 Å². The molecule has 2 rings (SSSR count). The number of nitrogens with zero attached hydrogens (tertiary/aromatic N) is 1. The summed E-state index contributed by atoms with van der Waals surface area (Å²) in [6, 6.07) is 3.65. The van der Waals surface area contributed by atoms with Gasteiger partial charge in [0.15, 0.2) is 0 Å². The third-order valence-corrected chi connectivity index (χ3v) is 2.63. The summed E-state index contributed by atoms with van der Waals surface area (Å²) >= 11 is 0. The second-order valence-electron chi connectivity index (χ2n) is 3.61. The van der Waals surface area contributed by atoms with Crippen molar-refractivity contribution in [2.45, 2.75) is 25.4 Å². The van der Waals surface area contributed by atoms with Gasteiger partial charge in [-0.2, -0.15) is 0 Å². The van der Waals surface area contributed by atoms with E-state index in [2.05, 4.69) is 4.90 Å². The second-order valence-corrected chi connectivity index (χ2v) is 3.61. The van der Waals surface area contributed by atoms with E-state index in [1.165, 1.54) is 0 Å². The molecule has 1 atom stereocenters. The van der Waals surface area contributed by atoms with Gasteiger partial charge in [-0.05, 0) is 31.5 Å². The zero-order valence-electron chi connectivity index (χ0n) is 7.98. The number of primary amides is 1. The van der Waals surface area contributed by atoms with Gasteiger partial charge in [0.2, 0.25) is 5.91 Å². The van der Waals surface area contributed by atoms with Crippen LogP contribution in [0.5, 0.6) is 0 Å². The molecule has 1 aliphatic heterocycles. The van der Waals surface area contributed by atoms with Gasteiger partial charge in [-0.1, -0.05) is 0 Å². The summed E-state index contributed by atoms with van der Waals surface area (Å²) in [5.74, 6) is 0.659. The fourth-order valence-corrected chi connectivity index (χ4v) is 1.94. The van der Waals surface area contributed by atoms with Gasteiger partial charge in [0.05, 0.1) is 18.8 Å². The predicted octanol–water partition coefficient (Wildman–Crippen LogP) is 0.729. The van der Waals surface area contributed by atoms with Crippen molar-refractivity contribution in [3.8, 4) is 0 Å². The van der Waals surface area contributed by atoms with Crippen molar-refractivity contribution in [2.75, 3.05) is 6.54 Å². The van der Waals surface area contributed by atoms with Crippen LogP contribution in [0, 0.1) is 0 Å². The maximum Gasteiger partial charge on any atom is 0.234 e. The topological polar surface area (TPSA) is 59.5 Å². The Hall–Kier alpha value is -1.29. The zero-order valence-corrected chi connectivity index (χ0v) is 7.98. The monoisotopic (exact) mass is 194 g/mol. The Morgan fingerprint density at radius 2 is 2.57 bits per heavy atom. The number of furan rings is 1. The lowest BCUT2D eigenvalue weighted by molar-refractivity contribution is -0.122. The lowest BCUT2D eigenvalue weighted by Gasteiger charge is -2.20. The minimum Gasteiger partial charge on any atom is -0.468 e. The van der Waals surface area contributed by atoms with Crippen LogP contribution in [0.15, 0.2) is 22.8 Å². The van der Waals surface area contributed by atoms with Gasteiger partial charge in [-0.25, -0.2) is 0 Å². The molecule has 1 fully saturated rings. The van der Waals surface area contributed by atoms with Gasteiger partial charge in [0.1, 0.15) is 5.76 Å². The van der Waals surface area contributed by atoms with E-state index in [9.17, 15) is 4.79 Å². The molecule has 1 aromatic rings. The largest absolute Gasteiger partial charge is 0.468 e. The molecule has 1 aliphatic rings. The van der Waals surface area contributed by atoms with Crippen LogP contribution < -0.4 is 5.73 Å². The van der Waals surface area contributed by atoms with E-state index in [0.29, 0.717) is 6.54 Å². The quantitative estimate of drug-likeness (QED) is 0.771. The van der Waals surface area contributed by atoms with Crippen LogP contribution in [0.25, 0.3) is 0 Å². The smallest absolute Gasteiger partial charge is 0.234 e. The Balaban J connectivity index is 2.00. The maximum atomic E-state index is 11.1. The highest BCUT2D eigenvalue weighted by Gasteiger charge is 2.29. The van der Waals surface area contributed by atoms with Crippen molar-refractivity contribution in [3.05, 3.63) is 24.2 Å². The number of hydrogen-bond acceptors (Lipinski definition) is 3. The average molecular weight is 194 g/mol. The van der Waals surface area contributed by atoms with E-state index in [4.69, 9.17) is 10.2 Å².